The highest BCUT2D eigenvalue weighted by molar-refractivity contribution is 7.86. The SMILES string of the molecule is B[C@H]1CC(OC(C)C)[C@@H](COP(=O)(OC)OCCOS(=O)(=O)c2ccc(/N=N/c3ccc(N(C)C)cc3)cc2)O1. The van der Waals surface area contributed by atoms with Crippen LogP contribution in [0.3, 0.4) is 0 Å². The van der Waals surface area contributed by atoms with E-state index in [-0.39, 0.29) is 36.3 Å². The second-order valence-electron chi connectivity index (χ2n) is 9.58. The zero-order chi connectivity index (χ0) is 29.3. The molecule has 0 N–H and O–H groups in total. The number of hydrogen-bond donors (Lipinski definition) is 0. The van der Waals surface area contributed by atoms with E-state index in [9.17, 15) is 13.0 Å². The van der Waals surface area contributed by atoms with Crippen LogP contribution in [0.25, 0.3) is 0 Å². The fourth-order valence-electron chi connectivity index (χ4n) is 3.84. The third kappa shape index (κ3) is 9.74. The van der Waals surface area contributed by atoms with Crippen molar-refractivity contribution >= 4 is 42.8 Å². The first kappa shape index (κ1) is 32.4. The van der Waals surface area contributed by atoms with Crippen LogP contribution in [0.1, 0.15) is 20.3 Å². The van der Waals surface area contributed by atoms with Gasteiger partial charge in [0.2, 0.25) is 0 Å². The average Bonchev–Trinajstić information content (AvgIpc) is 3.27. The van der Waals surface area contributed by atoms with E-state index in [1.165, 1.54) is 31.4 Å². The lowest BCUT2D eigenvalue weighted by Crippen LogP contribution is -2.31. The number of anilines is 1. The first-order valence-electron chi connectivity index (χ1n) is 12.8. The molecule has 40 heavy (non-hydrogen) atoms. The van der Waals surface area contributed by atoms with Crippen LogP contribution in [0, 0.1) is 0 Å². The highest BCUT2D eigenvalue weighted by atomic mass is 32.2. The summed E-state index contributed by atoms with van der Waals surface area (Å²) in [5, 5.41) is 8.30. The summed E-state index contributed by atoms with van der Waals surface area (Å²) in [6.45, 7) is 3.02. The normalized spacial score (nSPS) is 21.2. The van der Waals surface area contributed by atoms with E-state index in [1.54, 1.807) is 0 Å². The summed E-state index contributed by atoms with van der Waals surface area (Å²) < 4.78 is 70.1. The van der Waals surface area contributed by atoms with Crippen LogP contribution in [-0.4, -0.2) is 81.6 Å². The average molecular weight is 597 g/mol. The fraction of sp³-hybridized carbons (Fsp3) is 0.520. The zero-order valence-corrected chi connectivity index (χ0v) is 25.3. The first-order valence-corrected chi connectivity index (χ1v) is 15.7. The summed E-state index contributed by atoms with van der Waals surface area (Å²) >= 11 is 0. The Kier molecular flexibility index (Phi) is 11.9. The van der Waals surface area contributed by atoms with Gasteiger partial charge in [-0.05, 0) is 68.8 Å². The maximum absolute atomic E-state index is 12.8. The molecular formula is C25H37BN3O9PS. The molecule has 15 heteroatoms. The number of nitrogens with zero attached hydrogens (tertiary/aromatic N) is 3. The quantitative estimate of drug-likeness (QED) is 0.0967. The standard InChI is InChI=1S/C25H37BN3O9PS/c1-18(2)37-23-16-25(26)38-24(23)17-35-39(30,33-5)34-14-15-36-40(31,32)22-12-8-20(9-13-22)28-27-19-6-10-21(11-7-19)29(3)4/h6-13,18,23-25H,14-17,26H2,1-5H3/b28-27+/t23?,24-,25-,39?/m1/s1. The summed E-state index contributed by atoms with van der Waals surface area (Å²) in [6, 6.07) is 13.2. The molecular weight excluding hydrogens is 560 g/mol. The maximum Gasteiger partial charge on any atom is 0.474 e. The fourth-order valence-corrected chi connectivity index (χ4v) is 5.65. The van der Waals surface area contributed by atoms with Crippen molar-refractivity contribution in [2.75, 3.05) is 45.9 Å². The molecule has 1 fully saturated rings. The predicted octanol–water partition coefficient (Wildman–Crippen LogP) is 4.20. The highest BCUT2D eigenvalue weighted by Gasteiger charge is 2.37. The van der Waals surface area contributed by atoms with Gasteiger partial charge in [-0.15, -0.1) is 0 Å². The van der Waals surface area contributed by atoms with Crippen LogP contribution in [0.15, 0.2) is 63.7 Å². The minimum absolute atomic E-state index is 0.00209. The molecule has 3 rings (SSSR count). The molecule has 2 aromatic carbocycles. The van der Waals surface area contributed by atoms with E-state index < -0.39 is 30.7 Å². The van der Waals surface area contributed by atoms with Crippen LogP contribution in [-0.2, 0) is 41.9 Å². The highest BCUT2D eigenvalue weighted by Crippen LogP contribution is 2.49. The van der Waals surface area contributed by atoms with Crippen LogP contribution in [0.5, 0.6) is 0 Å². The maximum atomic E-state index is 12.8. The molecule has 220 valence electrons. The van der Waals surface area contributed by atoms with Crippen molar-refractivity contribution in [1.29, 1.82) is 0 Å². The number of hydrogen-bond acceptors (Lipinski definition) is 12. The Morgan fingerprint density at radius 2 is 1.62 bits per heavy atom. The molecule has 0 radical (unpaired) electrons. The molecule has 0 bridgehead atoms. The Balaban J connectivity index is 1.47. The van der Waals surface area contributed by atoms with Crippen molar-refractivity contribution < 1.29 is 40.2 Å². The third-order valence-corrected chi connectivity index (χ3v) is 8.53. The Hall–Kier alpha value is -2.16. The van der Waals surface area contributed by atoms with Crippen molar-refractivity contribution in [2.45, 2.75) is 49.5 Å². The topological polar surface area (TPSA) is 135 Å². The van der Waals surface area contributed by atoms with E-state index >= 15 is 0 Å². The van der Waals surface area contributed by atoms with Gasteiger partial charge in [0.25, 0.3) is 10.1 Å². The van der Waals surface area contributed by atoms with Crippen LogP contribution < -0.4 is 4.90 Å². The predicted molar refractivity (Wildman–Crippen MR) is 153 cm³/mol. The van der Waals surface area contributed by atoms with Gasteiger partial charge in [0.15, 0.2) is 0 Å². The van der Waals surface area contributed by atoms with E-state index in [1.807, 2.05) is 65.0 Å². The molecule has 1 aliphatic heterocycles. The molecule has 2 unspecified atom stereocenters. The van der Waals surface area contributed by atoms with E-state index in [0.29, 0.717) is 17.8 Å². The number of phosphoric acid groups is 1. The Morgan fingerprint density at radius 3 is 2.17 bits per heavy atom. The van der Waals surface area contributed by atoms with Gasteiger partial charge < -0.3 is 14.4 Å². The smallest absolute Gasteiger partial charge is 0.379 e. The van der Waals surface area contributed by atoms with Gasteiger partial charge >= 0.3 is 7.82 Å². The molecule has 1 aliphatic rings. The van der Waals surface area contributed by atoms with E-state index in [2.05, 4.69) is 10.2 Å². The number of benzene rings is 2. The van der Waals surface area contributed by atoms with Gasteiger partial charge in [-0.1, -0.05) is 0 Å². The molecule has 2 aromatic rings. The summed E-state index contributed by atoms with van der Waals surface area (Å²) in [5.74, 6) is 0. The van der Waals surface area contributed by atoms with Gasteiger partial charge in [0, 0.05) is 32.9 Å². The molecule has 0 saturated carbocycles. The van der Waals surface area contributed by atoms with E-state index in [0.717, 1.165) is 5.69 Å². The van der Waals surface area contributed by atoms with Gasteiger partial charge in [0.1, 0.15) is 14.0 Å². The van der Waals surface area contributed by atoms with Gasteiger partial charge in [-0.25, -0.2) is 4.57 Å². The first-order chi connectivity index (χ1) is 18.9. The van der Waals surface area contributed by atoms with Crippen LogP contribution in [0.4, 0.5) is 17.1 Å². The zero-order valence-electron chi connectivity index (χ0n) is 23.6. The third-order valence-electron chi connectivity index (χ3n) is 5.80. The molecule has 0 aromatic heterocycles. The van der Waals surface area contributed by atoms with Gasteiger partial charge in [-0.2, -0.15) is 18.6 Å². The van der Waals surface area contributed by atoms with Crippen molar-refractivity contribution in [3.05, 3.63) is 48.5 Å². The second-order valence-corrected chi connectivity index (χ2v) is 13.0. The molecule has 4 atom stereocenters. The Bertz CT molecular complexity index is 1260. The minimum atomic E-state index is -4.10. The molecule has 0 amide bonds. The van der Waals surface area contributed by atoms with Crippen LogP contribution in [0.2, 0.25) is 0 Å². The Morgan fingerprint density at radius 1 is 1.02 bits per heavy atom. The second kappa shape index (κ2) is 14.7. The van der Waals surface area contributed by atoms with Crippen molar-refractivity contribution in [2.24, 2.45) is 10.2 Å². The van der Waals surface area contributed by atoms with E-state index in [4.69, 9.17) is 27.2 Å². The summed E-state index contributed by atoms with van der Waals surface area (Å²) in [7, 11) is -1.08. The monoisotopic (exact) mass is 597 g/mol. The molecule has 12 nitrogen and oxygen atoms in total. The molecule has 0 aliphatic carbocycles. The number of rotatable bonds is 15. The van der Waals surface area contributed by atoms with Gasteiger partial charge in [0.05, 0.1) is 48.3 Å². The largest absolute Gasteiger partial charge is 0.474 e. The number of phosphoric ester groups is 1. The number of azo groups is 1. The van der Waals surface area contributed by atoms with Crippen molar-refractivity contribution in [3.63, 3.8) is 0 Å². The van der Waals surface area contributed by atoms with Crippen molar-refractivity contribution in [3.8, 4) is 0 Å². The molecule has 1 saturated heterocycles. The lowest BCUT2D eigenvalue weighted by Gasteiger charge is -2.23. The molecule has 1 heterocycles. The summed E-state index contributed by atoms with van der Waals surface area (Å²) in [4.78, 5) is 1.90. The van der Waals surface area contributed by atoms with Crippen molar-refractivity contribution in [1.82, 2.24) is 0 Å². The van der Waals surface area contributed by atoms with Crippen LogP contribution >= 0.6 is 7.82 Å². The number of ether oxygens (including phenoxy) is 2. The minimum Gasteiger partial charge on any atom is -0.379 e. The lowest BCUT2D eigenvalue weighted by molar-refractivity contribution is -0.0589. The Labute approximate surface area is 237 Å². The summed E-state index contributed by atoms with van der Waals surface area (Å²) in [6.07, 6.45) is 0.0336. The van der Waals surface area contributed by atoms with Gasteiger partial charge in [-0.3, -0.25) is 17.8 Å². The summed E-state index contributed by atoms with van der Waals surface area (Å²) in [5.41, 5.74) is 2.17. The molecule has 0 spiro atoms. The lowest BCUT2D eigenvalue weighted by atomic mass is 9.96.